The Morgan fingerprint density at radius 3 is 2.35 bits per heavy atom. The molecule has 0 atom stereocenters. The van der Waals surface area contributed by atoms with Crippen molar-refractivity contribution in [3.05, 3.63) is 59.7 Å². The average molecular weight is 448 g/mol. The zero-order valence-electron chi connectivity index (χ0n) is 18.1. The highest BCUT2D eigenvalue weighted by Crippen LogP contribution is 2.20. The Balaban J connectivity index is 2.13. The van der Waals surface area contributed by atoms with Crippen LogP contribution in [0.1, 0.15) is 29.3 Å². The Bertz CT molecular complexity index is 990. The van der Waals surface area contributed by atoms with E-state index in [9.17, 15) is 18.0 Å². The monoisotopic (exact) mass is 447 g/mol. The number of rotatable bonds is 11. The summed E-state index contributed by atoms with van der Waals surface area (Å²) in [5.41, 5.74) is 2.07. The van der Waals surface area contributed by atoms with E-state index in [0.717, 1.165) is 22.5 Å². The van der Waals surface area contributed by atoms with Crippen LogP contribution >= 0.6 is 0 Å². The highest BCUT2D eigenvalue weighted by atomic mass is 32.2. The summed E-state index contributed by atoms with van der Waals surface area (Å²) in [5.74, 6) is -0.883. The molecule has 0 unspecified atom stereocenters. The third-order valence-electron chi connectivity index (χ3n) is 4.58. The van der Waals surface area contributed by atoms with E-state index >= 15 is 0 Å². The standard InChI is InChI=1S/C22H29N3O5S/c1-4-17-10-12-18(13-11-17)25(31(3,28)29)16-21(26)24-20-9-6-5-8-19(20)22(27)23-14-7-15-30-2/h5-6,8-13H,4,7,14-16H2,1-3H3,(H,23,27)(H,24,26). The van der Waals surface area contributed by atoms with Crippen LogP contribution in [0.25, 0.3) is 0 Å². The number of benzene rings is 2. The summed E-state index contributed by atoms with van der Waals surface area (Å²) in [6, 6.07) is 13.6. The maximum absolute atomic E-state index is 12.7. The molecule has 0 saturated carbocycles. The largest absolute Gasteiger partial charge is 0.385 e. The normalized spacial score (nSPS) is 11.1. The lowest BCUT2D eigenvalue weighted by Crippen LogP contribution is -2.37. The molecular weight excluding hydrogens is 418 g/mol. The molecule has 0 aliphatic heterocycles. The predicted octanol–water partition coefficient (Wildman–Crippen LogP) is 2.42. The van der Waals surface area contributed by atoms with Crippen LogP contribution in [0, 0.1) is 0 Å². The smallest absolute Gasteiger partial charge is 0.253 e. The highest BCUT2D eigenvalue weighted by Gasteiger charge is 2.22. The van der Waals surface area contributed by atoms with Crippen molar-refractivity contribution in [3.63, 3.8) is 0 Å². The van der Waals surface area contributed by atoms with Gasteiger partial charge in [0.15, 0.2) is 0 Å². The third-order valence-corrected chi connectivity index (χ3v) is 5.72. The SMILES string of the molecule is CCc1ccc(N(CC(=O)Nc2ccccc2C(=O)NCCCOC)S(C)(=O)=O)cc1. The molecule has 2 amide bonds. The van der Waals surface area contributed by atoms with Crippen LogP contribution < -0.4 is 14.9 Å². The molecule has 168 valence electrons. The lowest BCUT2D eigenvalue weighted by atomic mass is 10.1. The number of ether oxygens (including phenoxy) is 1. The van der Waals surface area contributed by atoms with E-state index in [1.54, 1.807) is 43.5 Å². The first kappa shape index (κ1) is 24.4. The van der Waals surface area contributed by atoms with E-state index < -0.39 is 22.5 Å². The van der Waals surface area contributed by atoms with Crippen molar-refractivity contribution in [1.82, 2.24) is 5.32 Å². The van der Waals surface area contributed by atoms with Gasteiger partial charge in [0.1, 0.15) is 6.54 Å². The summed E-state index contributed by atoms with van der Waals surface area (Å²) < 4.78 is 30.6. The third kappa shape index (κ3) is 7.37. The van der Waals surface area contributed by atoms with E-state index in [1.807, 2.05) is 19.1 Å². The second-order valence-electron chi connectivity index (χ2n) is 6.99. The number of sulfonamides is 1. The fourth-order valence-corrected chi connectivity index (χ4v) is 3.78. The summed E-state index contributed by atoms with van der Waals surface area (Å²) in [6.07, 6.45) is 2.54. The molecule has 0 fully saturated rings. The van der Waals surface area contributed by atoms with Gasteiger partial charge < -0.3 is 15.4 Å². The van der Waals surface area contributed by atoms with Crippen molar-refractivity contribution in [2.24, 2.45) is 0 Å². The number of methoxy groups -OCH3 is 1. The van der Waals surface area contributed by atoms with Gasteiger partial charge in [0.05, 0.1) is 23.2 Å². The van der Waals surface area contributed by atoms with Crippen LogP contribution in [-0.2, 0) is 26.0 Å². The number of amides is 2. The molecule has 2 aromatic rings. The van der Waals surface area contributed by atoms with Crippen molar-refractivity contribution in [2.75, 3.05) is 42.7 Å². The van der Waals surface area contributed by atoms with E-state index in [2.05, 4.69) is 10.6 Å². The molecule has 0 aromatic heterocycles. The van der Waals surface area contributed by atoms with Crippen molar-refractivity contribution in [1.29, 1.82) is 0 Å². The van der Waals surface area contributed by atoms with Crippen molar-refractivity contribution < 1.29 is 22.7 Å². The maximum atomic E-state index is 12.7. The van der Waals surface area contributed by atoms with Crippen molar-refractivity contribution in [3.8, 4) is 0 Å². The molecule has 0 bridgehead atoms. The van der Waals surface area contributed by atoms with Crippen LogP contribution in [0.3, 0.4) is 0 Å². The second-order valence-corrected chi connectivity index (χ2v) is 8.89. The van der Waals surface area contributed by atoms with Gasteiger partial charge in [-0.2, -0.15) is 0 Å². The second kappa shape index (κ2) is 11.5. The summed E-state index contributed by atoms with van der Waals surface area (Å²) in [6.45, 7) is 2.56. The van der Waals surface area contributed by atoms with E-state index in [1.165, 1.54) is 0 Å². The number of para-hydroxylation sites is 1. The van der Waals surface area contributed by atoms with Gasteiger partial charge in [0, 0.05) is 20.3 Å². The Labute approximate surface area is 183 Å². The molecule has 8 nitrogen and oxygen atoms in total. The van der Waals surface area contributed by atoms with Gasteiger partial charge >= 0.3 is 0 Å². The Morgan fingerprint density at radius 2 is 1.74 bits per heavy atom. The zero-order valence-corrected chi connectivity index (χ0v) is 18.9. The number of carbonyl (C=O) groups excluding carboxylic acids is 2. The first-order valence-corrected chi connectivity index (χ1v) is 11.8. The Hall–Kier alpha value is -2.91. The molecule has 31 heavy (non-hydrogen) atoms. The van der Waals surface area contributed by atoms with Crippen LogP contribution in [0.4, 0.5) is 11.4 Å². The van der Waals surface area contributed by atoms with Gasteiger partial charge in [0.2, 0.25) is 15.9 Å². The summed E-state index contributed by atoms with van der Waals surface area (Å²) in [4.78, 5) is 25.1. The first-order valence-electron chi connectivity index (χ1n) is 9.99. The minimum atomic E-state index is -3.69. The number of anilines is 2. The molecule has 0 radical (unpaired) electrons. The molecule has 0 aliphatic carbocycles. The van der Waals surface area contributed by atoms with Crippen LogP contribution in [0.5, 0.6) is 0 Å². The zero-order chi connectivity index (χ0) is 22.9. The van der Waals surface area contributed by atoms with Gasteiger partial charge in [-0.05, 0) is 42.7 Å². The Morgan fingerprint density at radius 1 is 1.06 bits per heavy atom. The van der Waals surface area contributed by atoms with Crippen LogP contribution in [0.2, 0.25) is 0 Å². The van der Waals surface area contributed by atoms with E-state index in [-0.39, 0.29) is 5.91 Å². The molecule has 2 aromatic carbocycles. The number of hydrogen-bond donors (Lipinski definition) is 2. The van der Waals surface area contributed by atoms with Crippen LogP contribution in [0.15, 0.2) is 48.5 Å². The van der Waals surface area contributed by atoms with Gasteiger partial charge in [-0.1, -0.05) is 31.2 Å². The quantitative estimate of drug-likeness (QED) is 0.515. The average Bonchev–Trinajstić information content (AvgIpc) is 2.74. The number of nitrogens with one attached hydrogen (secondary N) is 2. The lowest BCUT2D eigenvalue weighted by molar-refractivity contribution is -0.114. The summed E-state index contributed by atoms with van der Waals surface area (Å²) in [7, 11) is -2.10. The number of aryl methyl sites for hydroxylation is 1. The summed E-state index contributed by atoms with van der Waals surface area (Å²) in [5, 5.41) is 5.43. The van der Waals surface area contributed by atoms with E-state index in [4.69, 9.17) is 4.74 Å². The molecule has 0 heterocycles. The highest BCUT2D eigenvalue weighted by molar-refractivity contribution is 7.92. The predicted molar refractivity (Wildman–Crippen MR) is 122 cm³/mol. The molecule has 9 heteroatoms. The fraction of sp³-hybridized carbons (Fsp3) is 0.364. The molecular formula is C22H29N3O5S. The number of hydrogen-bond acceptors (Lipinski definition) is 5. The fourth-order valence-electron chi connectivity index (χ4n) is 2.92. The minimum absolute atomic E-state index is 0.298. The summed E-state index contributed by atoms with van der Waals surface area (Å²) >= 11 is 0. The van der Waals surface area contributed by atoms with Gasteiger partial charge in [-0.25, -0.2) is 8.42 Å². The Kier molecular flexibility index (Phi) is 9.02. The van der Waals surface area contributed by atoms with E-state index in [0.29, 0.717) is 36.5 Å². The molecule has 2 N–H and O–H groups in total. The molecule has 0 saturated heterocycles. The van der Waals surface area contributed by atoms with Crippen LogP contribution in [-0.4, -0.2) is 53.3 Å². The topological polar surface area (TPSA) is 105 Å². The maximum Gasteiger partial charge on any atom is 0.253 e. The molecule has 0 aliphatic rings. The molecule has 0 spiro atoms. The van der Waals surface area contributed by atoms with Gasteiger partial charge in [0.25, 0.3) is 5.91 Å². The number of carbonyl (C=O) groups is 2. The van der Waals surface area contributed by atoms with Gasteiger partial charge in [-0.15, -0.1) is 0 Å². The van der Waals surface area contributed by atoms with Crippen molar-refractivity contribution in [2.45, 2.75) is 19.8 Å². The lowest BCUT2D eigenvalue weighted by Gasteiger charge is -2.22. The van der Waals surface area contributed by atoms with Gasteiger partial charge in [-0.3, -0.25) is 13.9 Å². The number of nitrogens with zero attached hydrogens (tertiary/aromatic N) is 1. The van der Waals surface area contributed by atoms with Crippen molar-refractivity contribution >= 4 is 33.2 Å². The molecule has 2 rings (SSSR count). The first-order chi connectivity index (χ1) is 14.8. The minimum Gasteiger partial charge on any atom is -0.385 e.